The highest BCUT2D eigenvalue weighted by Crippen LogP contribution is 2.43. The summed E-state index contributed by atoms with van der Waals surface area (Å²) in [5, 5.41) is 8.13. The van der Waals surface area contributed by atoms with E-state index in [9.17, 15) is 8.78 Å². The number of hydrogen-bond acceptors (Lipinski definition) is 3. The Morgan fingerprint density at radius 2 is 1.83 bits per heavy atom. The van der Waals surface area contributed by atoms with Crippen LogP contribution < -0.4 is 0 Å². The molecular formula is C18H10F2N4. The van der Waals surface area contributed by atoms with Gasteiger partial charge in [-0.15, -0.1) is 5.10 Å². The molecule has 0 unspecified atom stereocenters. The summed E-state index contributed by atoms with van der Waals surface area (Å²) in [5.74, 6) is -1.18. The molecule has 3 aliphatic heterocycles. The fourth-order valence-electron chi connectivity index (χ4n) is 3.37. The maximum atomic E-state index is 14.2. The second kappa shape index (κ2) is 4.67. The quantitative estimate of drug-likeness (QED) is 0.582. The maximum Gasteiger partial charge on any atom is 0.134 e. The molecule has 1 aromatic rings. The van der Waals surface area contributed by atoms with Gasteiger partial charge in [0, 0.05) is 29.1 Å². The predicted molar refractivity (Wildman–Crippen MR) is 84.6 cm³/mol. The normalized spacial score (nSPS) is 13.5. The van der Waals surface area contributed by atoms with Gasteiger partial charge in [0.15, 0.2) is 0 Å². The van der Waals surface area contributed by atoms with Crippen molar-refractivity contribution in [3.05, 3.63) is 71.3 Å². The van der Waals surface area contributed by atoms with E-state index < -0.39 is 11.6 Å². The highest BCUT2D eigenvalue weighted by atomic mass is 19.1. The summed E-state index contributed by atoms with van der Waals surface area (Å²) in [6.45, 7) is 0. The molecule has 4 nitrogen and oxygen atoms in total. The summed E-state index contributed by atoms with van der Waals surface area (Å²) in [6, 6.07) is 3.88. The van der Waals surface area contributed by atoms with Gasteiger partial charge in [0.05, 0.1) is 23.1 Å². The summed E-state index contributed by atoms with van der Waals surface area (Å²) in [6.07, 6.45) is 7.50. The number of nitrogens with one attached hydrogen (secondary N) is 1. The largest absolute Gasteiger partial charge is 0.358 e. The van der Waals surface area contributed by atoms with E-state index in [1.165, 1.54) is 18.2 Å². The van der Waals surface area contributed by atoms with E-state index >= 15 is 0 Å². The summed E-state index contributed by atoms with van der Waals surface area (Å²) in [4.78, 5) is 7.58. The molecule has 1 N–H and O–H groups in total. The van der Waals surface area contributed by atoms with Gasteiger partial charge in [0.1, 0.15) is 17.3 Å². The van der Waals surface area contributed by atoms with E-state index in [-0.39, 0.29) is 5.56 Å². The Balaban J connectivity index is 1.81. The maximum absolute atomic E-state index is 14.2. The Bertz CT molecular complexity index is 1050. The second-order valence-corrected chi connectivity index (χ2v) is 5.73. The Morgan fingerprint density at radius 3 is 2.67 bits per heavy atom. The Morgan fingerprint density at radius 1 is 1.00 bits per heavy atom. The molecule has 3 heterocycles. The van der Waals surface area contributed by atoms with E-state index in [1.54, 1.807) is 18.5 Å². The van der Waals surface area contributed by atoms with Crippen molar-refractivity contribution in [2.75, 3.05) is 0 Å². The van der Waals surface area contributed by atoms with Crippen LogP contribution in [0.25, 0.3) is 28.1 Å². The monoisotopic (exact) mass is 320 g/mol. The molecule has 24 heavy (non-hydrogen) atoms. The first-order chi connectivity index (χ1) is 11.7. The van der Waals surface area contributed by atoms with Crippen LogP contribution in [0, 0.1) is 11.6 Å². The standard InChI is InChI=1S/C18H10F2N4/c19-12-2-1-3-13(20)16(12)11-5-4-10-15-9(7-22-18(11)15)6-21-14-8-23-24-17(10)14/h1-3,5-8,21H,4H2. The molecule has 1 aromatic carbocycles. The van der Waals surface area contributed by atoms with Crippen LogP contribution in [0.15, 0.2) is 42.9 Å². The van der Waals surface area contributed by atoms with Crippen LogP contribution in [-0.2, 0) is 6.42 Å². The van der Waals surface area contributed by atoms with Crippen molar-refractivity contribution in [2.45, 2.75) is 6.42 Å². The molecule has 0 saturated carbocycles. The van der Waals surface area contributed by atoms with Crippen molar-refractivity contribution < 1.29 is 8.78 Å². The number of hydrogen-bond donors (Lipinski definition) is 1. The first-order valence-electron chi connectivity index (χ1n) is 7.49. The van der Waals surface area contributed by atoms with Gasteiger partial charge in [-0.2, -0.15) is 5.10 Å². The third-order valence-corrected chi connectivity index (χ3v) is 4.43. The number of allylic oxidation sites excluding steroid dienone is 1. The fraction of sp³-hybridized carbons (Fsp3) is 0.0556. The lowest BCUT2D eigenvalue weighted by Gasteiger charge is -2.16. The lowest BCUT2D eigenvalue weighted by molar-refractivity contribution is 0.577. The molecule has 0 radical (unpaired) electrons. The SMILES string of the molecule is Fc1cccc(F)c1C1=CCc2c3nncc-3[nH]cc3cnc1c2-3. The molecule has 0 saturated heterocycles. The van der Waals surface area contributed by atoms with E-state index in [2.05, 4.69) is 20.2 Å². The van der Waals surface area contributed by atoms with Crippen molar-refractivity contribution in [1.82, 2.24) is 20.2 Å². The smallest absolute Gasteiger partial charge is 0.134 e. The zero-order valence-electron chi connectivity index (χ0n) is 12.3. The second-order valence-electron chi connectivity index (χ2n) is 5.73. The highest BCUT2D eigenvalue weighted by molar-refractivity contribution is 5.93. The van der Waals surface area contributed by atoms with Crippen LogP contribution in [0.2, 0.25) is 0 Å². The third kappa shape index (κ3) is 1.68. The fourth-order valence-corrected chi connectivity index (χ4v) is 3.37. The van der Waals surface area contributed by atoms with Gasteiger partial charge in [0.2, 0.25) is 0 Å². The van der Waals surface area contributed by atoms with Crippen LogP contribution in [0.4, 0.5) is 8.78 Å². The molecular weight excluding hydrogens is 310 g/mol. The number of nitrogens with zero attached hydrogens (tertiary/aromatic N) is 3. The summed E-state index contributed by atoms with van der Waals surface area (Å²) < 4.78 is 28.5. The van der Waals surface area contributed by atoms with Gasteiger partial charge in [-0.05, 0) is 24.1 Å². The predicted octanol–water partition coefficient (Wildman–Crippen LogP) is 3.68. The lowest BCUT2D eigenvalue weighted by atomic mass is 9.87. The molecule has 4 aliphatic rings. The number of halogens is 2. The average Bonchev–Trinajstić information content (AvgIpc) is 3.17. The van der Waals surface area contributed by atoms with Crippen LogP contribution in [0.3, 0.4) is 0 Å². The van der Waals surface area contributed by atoms with Crippen molar-refractivity contribution in [1.29, 1.82) is 0 Å². The van der Waals surface area contributed by atoms with Gasteiger partial charge < -0.3 is 4.98 Å². The minimum atomic E-state index is -0.592. The van der Waals surface area contributed by atoms with Crippen molar-refractivity contribution in [2.24, 2.45) is 0 Å². The number of aromatic nitrogens is 4. The molecule has 1 aliphatic carbocycles. The third-order valence-electron chi connectivity index (χ3n) is 4.43. The minimum Gasteiger partial charge on any atom is -0.358 e. The molecule has 0 atom stereocenters. The van der Waals surface area contributed by atoms with E-state index in [4.69, 9.17) is 0 Å². The van der Waals surface area contributed by atoms with E-state index in [0.29, 0.717) is 17.7 Å². The van der Waals surface area contributed by atoms with Crippen LogP contribution in [0.5, 0.6) is 0 Å². The lowest BCUT2D eigenvalue weighted by Crippen LogP contribution is -2.04. The topological polar surface area (TPSA) is 54.5 Å². The van der Waals surface area contributed by atoms with Gasteiger partial charge >= 0.3 is 0 Å². The summed E-state index contributed by atoms with van der Waals surface area (Å²) in [5.41, 5.74) is 5.29. The van der Waals surface area contributed by atoms with Crippen molar-refractivity contribution >= 4 is 5.57 Å². The number of rotatable bonds is 1. The van der Waals surface area contributed by atoms with Crippen molar-refractivity contribution in [3.63, 3.8) is 0 Å². The van der Waals surface area contributed by atoms with Gasteiger partial charge in [-0.25, -0.2) is 8.78 Å². The van der Waals surface area contributed by atoms with Crippen molar-refractivity contribution in [3.8, 4) is 22.5 Å². The Hall–Kier alpha value is -3.15. The van der Waals surface area contributed by atoms with Gasteiger partial charge in [0.25, 0.3) is 0 Å². The minimum absolute atomic E-state index is 0.0385. The molecule has 0 amide bonds. The zero-order chi connectivity index (χ0) is 16.3. The van der Waals surface area contributed by atoms with Crippen LogP contribution in [0.1, 0.15) is 16.8 Å². The van der Waals surface area contributed by atoms with Gasteiger partial charge in [-0.3, -0.25) is 4.98 Å². The summed E-state index contributed by atoms with van der Waals surface area (Å²) in [7, 11) is 0. The molecule has 116 valence electrons. The number of aromatic amines is 1. The number of H-pyrrole nitrogens is 1. The van der Waals surface area contributed by atoms with Crippen LogP contribution in [-0.4, -0.2) is 20.2 Å². The first-order valence-corrected chi connectivity index (χ1v) is 7.49. The highest BCUT2D eigenvalue weighted by Gasteiger charge is 2.28. The number of fused-ring (bicyclic) bond motifs is 2. The summed E-state index contributed by atoms with van der Waals surface area (Å²) >= 11 is 0. The molecule has 0 aromatic heterocycles. The number of benzene rings is 1. The van der Waals surface area contributed by atoms with Crippen LogP contribution >= 0.6 is 0 Å². The zero-order valence-corrected chi connectivity index (χ0v) is 12.3. The van der Waals surface area contributed by atoms with E-state index in [1.807, 2.05) is 6.20 Å². The van der Waals surface area contributed by atoms with Gasteiger partial charge in [-0.1, -0.05) is 12.1 Å². The Kier molecular flexibility index (Phi) is 2.59. The average molecular weight is 320 g/mol. The molecule has 6 heteroatoms. The van der Waals surface area contributed by atoms with E-state index in [0.717, 1.165) is 28.1 Å². The molecule has 5 rings (SSSR count). The molecule has 0 spiro atoms. The molecule has 0 bridgehead atoms. The first kappa shape index (κ1) is 13.3. The Labute approximate surface area is 135 Å². The molecule has 0 fully saturated rings.